The summed E-state index contributed by atoms with van der Waals surface area (Å²) in [6.07, 6.45) is 13.7. The van der Waals surface area contributed by atoms with Crippen LogP contribution in [0.2, 0.25) is 0 Å². The maximum absolute atomic E-state index is 13.7. The smallest absolute Gasteiger partial charge is 0.332 e. The zero-order chi connectivity index (χ0) is 19.8. The molecule has 29 heavy (non-hydrogen) atoms. The van der Waals surface area contributed by atoms with E-state index in [4.69, 9.17) is 0 Å². The maximum atomic E-state index is 13.7. The van der Waals surface area contributed by atoms with Crippen molar-refractivity contribution in [1.29, 1.82) is 0 Å². The molecule has 1 N–H and O–H groups in total. The minimum atomic E-state index is -0.0376. The molecule has 1 aliphatic heterocycles. The number of likely N-dealkylation sites (tertiary alicyclic amines) is 1. The third kappa shape index (κ3) is 3.63. The zero-order valence-electron chi connectivity index (χ0n) is 17.5. The second kappa shape index (κ2) is 8.38. The Morgan fingerprint density at radius 2 is 1.62 bits per heavy atom. The molecule has 0 radical (unpaired) electrons. The third-order valence-corrected chi connectivity index (χ3v) is 8.77. The van der Waals surface area contributed by atoms with Crippen molar-refractivity contribution in [2.75, 3.05) is 19.6 Å². The minimum Gasteiger partial charge on any atom is -0.333 e. The van der Waals surface area contributed by atoms with Crippen molar-refractivity contribution < 1.29 is 4.90 Å². The first-order chi connectivity index (χ1) is 14.2. The molecule has 0 atom stereocenters. The molecule has 0 aromatic carbocycles. The van der Waals surface area contributed by atoms with Crippen LogP contribution in [0.3, 0.4) is 0 Å². The van der Waals surface area contributed by atoms with Crippen molar-refractivity contribution in [3.63, 3.8) is 0 Å². The molecule has 2 aromatic heterocycles. The van der Waals surface area contributed by atoms with Gasteiger partial charge in [0.15, 0.2) is 0 Å². The van der Waals surface area contributed by atoms with E-state index in [2.05, 4.69) is 0 Å². The molecule has 1 saturated heterocycles. The third-order valence-electron chi connectivity index (χ3n) is 7.46. The molecule has 0 bridgehead atoms. The molecule has 0 amide bonds. The highest BCUT2D eigenvalue weighted by atomic mass is 32.1. The fourth-order valence-corrected chi connectivity index (χ4v) is 7.22. The average Bonchev–Trinajstić information content (AvgIpc) is 3.31. The van der Waals surface area contributed by atoms with Crippen molar-refractivity contribution in [2.24, 2.45) is 0 Å². The number of rotatable bonds is 4. The Kier molecular flexibility index (Phi) is 5.65. The summed E-state index contributed by atoms with van der Waals surface area (Å²) in [5.74, 6) is 0. The van der Waals surface area contributed by atoms with Crippen LogP contribution in [-0.2, 0) is 19.4 Å². The molecule has 0 unspecified atom stereocenters. The first kappa shape index (κ1) is 19.6. The van der Waals surface area contributed by atoms with Gasteiger partial charge in [-0.05, 0) is 44.1 Å². The second-order valence-electron chi connectivity index (χ2n) is 9.35. The maximum Gasteiger partial charge on any atom is 0.332 e. The summed E-state index contributed by atoms with van der Waals surface area (Å²) in [5.41, 5.74) is 1.25. The fourth-order valence-electron chi connectivity index (χ4n) is 5.82. The Morgan fingerprint density at radius 1 is 0.897 bits per heavy atom. The van der Waals surface area contributed by atoms with Gasteiger partial charge in [0.2, 0.25) is 0 Å². The van der Waals surface area contributed by atoms with Crippen LogP contribution in [0.1, 0.15) is 80.7 Å². The van der Waals surface area contributed by atoms with Gasteiger partial charge in [0, 0.05) is 23.8 Å². The van der Waals surface area contributed by atoms with Gasteiger partial charge in [0.25, 0.3) is 5.56 Å². The van der Waals surface area contributed by atoms with Crippen LogP contribution in [0.25, 0.3) is 10.2 Å². The van der Waals surface area contributed by atoms with E-state index in [1.54, 1.807) is 20.8 Å². The van der Waals surface area contributed by atoms with E-state index >= 15 is 0 Å². The summed E-state index contributed by atoms with van der Waals surface area (Å²) in [4.78, 5) is 31.2. The van der Waals surface area contributed by atoms with Crippen molar-refractivity contribution >= 4 is 21.6 Å². The van der Waals surface area contributed by atoms with Crippen LogP contribution in [0, 0.1) is 0 Å². The number of nitrogens with one attached hydrogen (secondary N) is 1. The van der Waals surface area contributed by atoms with Gasteiger partial charge in [-0.1, -0.05) is 25.7 Å². The Bertz CT molecular complexity index is 990. The molecule has 5 rings (SSSR count). The Hall–Kier alpha value is -1.40. The summed E-state index contributed by atoms with van der Waals surface area (Å²) >= 11 is 1.75. The largest absolute Gasteiger partial charge is 0.333 e. The molecule has 0 spiro atoms. The molecule has 6 heteroatoms. The van der Waals surface area contributed by atoms with Crippen molar-refractivity contribution in [1.82, 2.24) is 9.13 Å². The molecule has 2 aliphatic carbocycles. The molecular formula is C23H34N3O2S+. The van der Waals surface area contributed by atoms with Gasteiger partial charge < -0.3 is 4.90 Å². The molecule has 2 fully saturated rings. The molecular weight excluding hydrogens is 382 g/mol. The minimum absolute atomic E-state index is 0.0149. The van der Waals surface area contributed by atoms with Gasteiger partial charge in [0.1, 0.15) is 4.83 Å². The van der Waals surface area contributed by atoms with E-state index in [-0.39, 0.29) is 17.3 Å². The Labute approximate surface area is 176 Å². The zero-order valence-corrected chi connectivity index (χ0v) is 18.3. The molecule has 2 aromatic rings. The van der Waals surface area contributed by atoms with Gasteiger partial charge in [-0.2, -0.15) is 0 Å². The Morgan fingerprint density at radius 3 is 2.41 bits per heavy atom. The first-order valence-electron chi connectivity index (χ1n) is 11.9. The topological polar surface area (TPSA) is 48.4 Å². The van der Waals surface area contributed by atoms with Gasteiger partial charge in [-0.15, -0.1) is 11.3 Å². The van der Waals surface area contributed by atoms with Gasteiger partial charge in [-0.3, -0.25) is 13.9 Å². The SMILES string of the molecule is O=c1c2c3c(sc2n(CC[NH+]2CCCC2)c(=O)n1C1CCCCC1)CCCCC3. The van der Waals surface area contributed by atoms with Crippen LogP contribution in [0.15, 0.2) is 9.59 Å². The standard InChI is InChI=1S/C23H33N3O2S/c27-21-20-18-11-5-2-6-12-19(18)29-22(20)25(16-15-24-13-7-8-14-24)23(28)26(21)17-9-3-1-4-10-17/h17H,1-16H2/p+1. The lowest BCUT2D eigenvalue weighted by atomic mass is 9.95. The highest BCUT2D eigenvalue weighted by molar-refractivity contribution is 7.18. The fraction of sp³-hybridized carbons (Fsp3) is 0.739. The summed E-state index contributed by atoms with van der Waals surface area (Å²) in [6.45, 7) is 4.19. The monoisotopic (exact) mass is 416 g/mol. The van der Waals surface area contributed by atoms with Crippen molar-refractivity contribution in [2.45, 2.75) is 89.6 Å². The summed E-state index contributed by atoms with van der Waals surface area (Å²) in [5, 5.41) is 0.897. The van der Waals surface area contributed by atoms with Gasteiger partial charge in [0.05, 0.1) is 31.6 Å². The normalized spacial score (nSPS) is 21.5. The molecule has 5 nitrogen and oxygen atoms in total. The van der Waals surface area contributed by atoms with E-state index in [0.29, 0.717) is 0 Å². The van der Waals surface area contributed by atoms with E-state index in [9.17, 15) is 9.59 Å². The summed E-state index contributed by atoms with van der Waals surface area (Å²) < 4.78 is 3.68. The van der Waals surface area contributed by atoms with Crippen molar-refractivity contribution in [3.05, 3.63) is 31.3 Å². The molecule has 158 valence electrons. The second-order valence-corrected chi connectivity index (χ2v) is 10.4. The van der Waals surface area contributed by atoms with Gasteiger partial charge in [-0.25, -0.2) is 4.79 Å². The lowest BCUT2D eigenvalue weighted by Gasteiger charge is -2.24. The first-order valence-corrected chi connectivity index (χ1v) is 12.7. The summed E-state index contributed by atoms with van der Waals surface area (Å²) in [6, 6.07) is 0.0971. The lowest BCUT2D eigenvalue weighted by molar-refractivity contribution is -0.888. The van der Waals surface area contributed by atoms with Crippen LogP contribution in [0.5, 0.6) is 0 Å². The Balaban J connectivity index is 1.65. The van der Waals surface area contributed by atoms with Crippen LogP contribution in [0.4, 0.5) is 0 Å². The lowest BCUT2D eigenvalue weighted by Crippen LogP contribution is -3.10. The molecule has 1 saturated carbocycles. The predicted octanol–water partition coefficient (Wildman–Crippen LogP) is 2.68. The predicted molar refractivity (Wildman–Crippen MR) is 119 cm³/mol. The van der Waals surface area contributed by atoms with Crippen LogP contribution >= 0.6 is 11.3 Å². The number of nitrogens with zero attached hydrogens (tertiary/aromatic N) is 2. The highest BCUT2D eigenvalue weighted by Crippen LogP contribution is 2.34. The van der Waals surface area contributed by atoms with E-state index in [0.717, 1.165) is 61.8 Å². The van der Waals surface area contributed by atoms with Crippen LogP contribution < -0.4 is 16.1 Å². The summed E-state index contributed by atoms with van der Waals surface area (Å²) in [7, 11) is 0. The van der Waals surface area contributed by atoms with Crippen molar-refractivity contribution in [3.8, 4) is 0 Å². The average molecular weight is 417 g/mol. The number of fused-ring (bicyclic) bond motifs is 3. The highest BCUT2D eigenvalue weighted by Gasteiger charge is 2.27. The number of thiophene rings is 1. The van der Waals surface area contributed by atoms with E-state index < -0.39 is 0 Å². The quantitative estimate of drug-likeness (QED) is 0.779. The number of hydrogen-bond acceptors (Lipinski definition) is 3. The van der Waals surface area contributed by atoms with E-state index in [1.165, 1.54) is 62.1 Å². The molecule has 3 aliphatic rings. The number of aryl methyl sites for hydroxylation is 2. The van der Waals surface area contributed by atoms with Gasteiger partial charge >= 0.3 is 5.69 Å². The van der Waals surface area contributed by atoms with E-state index in [1.807, 2.05) is 4.57 Å². The number of aromatic nitrogens is 2. The van der Waals surface area contributed by atoms with Crippen LogP contribution in [-0.4, -0.2) is 28.8 Å². The number of hydrogen-bond donors (Lipinski definition) is 1. The number of quaternary nitrogens is 1. The molecule has 3 heterocycles.